The van der Waals surface area contributed by atoms with E-state index in [2.05, 4.69) is 21.2 Å². The van der Waals surface area contributed by atoms with Gasteiger partial charge < -0.3 is 10.4 Å². The van der Waals surface area contributed by atoms with Gasteiger partial charge in [-0.2, -0.15) is 0 Å². The second kappa shape index (κ2) is 6.00. The Labute approximate surface area is 106 Å². The average molecular weight is 306 g/mol. The summed E-state index contributed by atoms with van der Waals surface area (Å²) in [7, 11) is 0. The molecule has 1 heterocycles. The Bertz CT molecular complexity index is 391. The Morgan fingerprint density at radius 1 is 1.62 bits per heavy atom. The summed E-state index contributed by atoms with van der Waals surface area (Å²) < 4.78 is 0.764. The number of halogens is 1. The summed E-state index contributed by atoms with van der Waals surface area (Å²) in [6.07, 6.45) is 0.497. The highest BCUT2D eigenvalue weighted by Gasteiger charge is 2.14. The molecule has 6 heteroatoms. The topological polar surface area (TPSA) is 66.4 Å². The van der Waals surface area contributed by atoms with Gasteiger partial charge in [0.15, 0.2) is 0 Å². The Balaban J connectivity index is 2.46. The minimum Gasteiger partial charge on any atom is -0.481 e. The number of carbonyl (C=O) groups is 2. The van der Waals surface area contributed by atoms with Crippen molar-refractivity contribution >= 4 is 39.1 Å². The predicted molar refractivity (Wildman–Crippen MR) is 65.8 cm³/mol. The van der Waals surface area contributed by atoms with Gasteiger partial charge in [-0.25, -0.2) is 0 Å². The number of nitrogens with one attached hydrogen (secondary N) is 1. The van der Waals surface area contributed by atoms with E-state index in [1.54, 1.807) is 6.92 Å². The Hall–Kier alpha value is -0.880. The molecule has 16 heavy (non-hydrogen) atoms. The monoisotopic (exact) mass is 305 g/mol. The molecule has 1 rings (SSSR count). The number of hydrogen-bond acceptors (Lipinski definition) is 3. The van der Waals surface area contributed by atoms with Gasteiger partial charge in [0, 0.05) is 16.9 Å². The number of hydrogen-bond donors (Lipinski definition) is 2. The maximum atomic E-state index is 11.7. The largest absolute Gasteiger partial charge is 0.481 e. The summed E-state index contributed by atoms with van der Waals surface area (Å²) in [5.74, 6) is -1.02. The highest BCUT2D eigenvalue weighted by molar-refractivity contribution is 9.10. The fourth-order valence-corrected chi connectivity index (χ4v) is 2.61. The lowest BCUT2D eigenvalue weighted by molar-refractivity contribution is -0.137. The van der Waals surface area contributed by atoms with Crippen LogP contribution in [0.25, 0.3) is 0 Å². The summed E-state index contributed by atoms with van der Waals surface area (Å²) in [4.78, 5) is 22.7. The van der Waals surface area contributed by atoms with Crippen molar-refractivity contribution in [1.29, 1.82) is 0 Å². The van der Waals surface area contributed by atoms with Crippen molar-refractivity contribution in [2.45, 2.75) is 25.8 Å². The minimum atomic E-state index is -0.849. The van der Waals surface area contributed by atoms with E-state index >= 15 is 0 Å². The SMILES string of the molecule is C[C@H](CCC(=O)O)NC(=O)c1sccc1Br. The van der Waals surface area contributed by atoms with Gasteiger partial charge in [-0.15, -0.1) is 11.3 Å². The predicted octanol–water partition coefficient (Wildman–Crippen LogP) is 2.49. The number of thiophene rings is 1. The summed E-state index contributed by atoms with van der Waals surface area (Å²) in [5.41, 5.74) is 0. The lowest BCUT2D eigenvalue weighted by atomic mass is 10.2. The maximum absolute atomic E-state index is 11.7. The number of carbonyl (C=O) groups excluding carboxylic acids is 1. The molecule has 0 aliphatic rings. The highest BCUT2D eigenvalue weighted by Crippen LogP contribution is 2.22. The second-order valence-electron chi connectivity index (χ2n) is 3.40. The van der Waals surface area contributed by atoms with Crippen LogP contribution in [0, 0.1) is 0 Å². The van der Waals surface area contributed by atoms with Crippen LogP contribution in [0.2, 0.25) is 0 Å². The zero-order valence-electron chi connectivity index (χ0n) is 8.70. The van der Waals surface area contributed by atoms with E-state index in [1.807, 2.05) is 11.4 Å². The molecule has 1 amide bonds. The van der Waals surface area contributed by atoms with Crippen LogP contribution in [0.4, 0.5) is 0 Å². The van der Waals surface area contributed by atoms with Crippen LogP contribution >= 0.6 is 27.3 Å². The molecule has 0 bridgehead atoms. The van der Waals surface area contributed by atoms with E-state index in [0.29, 0.717) is 11.3 Å². The number of carboxylic acid groups (broad SMARTS) is 1. The van der Waals surface area contributed by atoms with E-state index < -0.39 is 5.97 Å². The molecule has 0 saturated carbocycles. The Morgan fingerprint density at radius 3 is 2.81 bits per heavy atom. The molecule has 0 aliphatic carbocycles. The number of amides is 1. The Morgan fingerprint density at radius 2 is 2.31 bits per heavy atom. The van der Waals surface area contributed by atoms with E-state index in [1.165, 1.54) is 11.3 Å². The first-order valence-electron chi connectivity index (χ1n) is 4.76. The second-order valence-corrected chi connectivity index (χ2v) is 5.18. The first-order chi connectivity index (χ1) is 7.50. The molecule has 88 valence electrons. The summed E-state index contributed by atoms with van der Waals surface area (Å²) >= 11 is 4.62. The highest BCUT2D eigenvalue weighted by atomic mass is 79.9. The zero-order valence-corrected chi connectivity index (χ0v) is 11.1. The van der Waals surface area contributed by atoms with Crippen LogP contribution in [0.15, 0.2) is 15.9 Å². The molecule has 0 spiro atoms. The van der Waals surface area contributed by atoms with Crippen molar-refractivity contribution in [1.82, 2.24) is 5.32 Å². The standard InChI is InChI=1S/C10H12BrNO3S/c1-6(2-3-8(13)14)12-10(15)9-7(11)4-5-16-9/h4-6H,2-3H2,1H3,(H,12,15)(H,13,14)/t6-/m1/s1. The molecule has 0 radical (unpaired) electrons. The van der Waals surface area contributed by atoms with Crippen LogP contribution in [-0.4, -0.2) is 23.0 Å². The van der Waals surface area contributed by atoms with Gasteiger partial charge in [0.05, 0.1) is 0 Å². The van der Waals surface area contributed by atoms with Crippen molar-refractivity contribution in [3.63, 3.8) is 0 Å². The van der Waals surface area contributed by atoms with Crippen molar-refractivity contribution in [3.8, 4) is 0 Å². The van der Waals surface area contributed by atoms with Crippen LogP contribution in [0.3, 0.4) is 0 Å². The van der Waals surface area contributed by atoms with Gasteiger partial charge in [0.1, 0.15) is 4.88 Å². The lowest BCUT2D eigenvalue weighted by Gasteiger charge is -2.11. The lowest BCUT2D eigenvalue weighted by Crippen LogP contribution is -2.32. The van der Waals surface area contributed by atoms with E-state index in [0.717, 1.165) is 4.47 Å². The third-order valence-electron chi connectivity index (χ3n) is 1.99. The summed E-state index contributed by atoms with van der Waals surface area (Å²) in [5, 5.41) is 13.1. The van der Waals surface area contributed by atoms with E-state index in [9.17, 15) is 9.59 Å². The van der Waals surface area contributed by atoms with Gasteiger partial charge in [-0.1, -0.05) is 0 Å². The van der Waals surface area contributed by atoms with Crippen molar-refractivity contribution in [2.24, 2.45) is 0 Å². The van der Waals surface area contributed by atoms with E-state index in [4.69, 9.17) is 5.11 Å². The van der Waals surface area contributed by atoms with Gasteiger partial charge in [0.2, 0.25) is 0 Å². The number of aliphatic carboxylic acids is 1. The first kappa shape index (κ1) is 13.2. The van der Waals surface area contributed by atoms with Gasteiger partial charge in [-0.3, -0.25) is 9.59 Å². The average Bonchev–Trinajstić information content (AvgIpc) is 2.61. The van der Waals surface area contributed by atoms with Gasteiger partial charge >= 0.3 is 5.97 Å². The molecule has 0 fully saturated rings. The molecule has 1 aromatic rings. The van der Waals surface area contributed by atoms with Crippen LogP contribution in [0.1, 0.15) is 29.4 Å². The summed E-state index contributed by atoms with van der Waals surface area (Å²) in [6, 6.07) is 1.67. The van der Waals surface area contributed by atoms with Crippen LogP contribution in [0.5, 0.6) is 0 Å². The smallest absolute Gasteiger partial charge is 0.303 e. The molecule has 1 aromatic heterocycles. The molecular weight excluding hydrogens is 294 g/mol. The van der Waals surface area contributed by atoms with Crippen molar-refractivity contribution in [2.75, 3.05) is 0 Å². The third-order valence-corrected chi connectivity index (χ3v) is 3.83. The molecule has 0 aliphatic heterocycles. The molecule has 0 unspecified atom stereocenters. The van der Waals surface area contributed by atoms with Crippen LogP contribution in [-0.2, 0) is 4.79 Å². The summed E-state index contributed by atoms with van der Waals surface area (Å²) in [6.45, 7) is 1.79. The quantitative estimate of drug-likeness (QED) is 0.878. The fraction of sp³-hybridized carbons (Fsp3) is 0.400. The molecular formula is C10H12BrNO3S. The fourth-order valence-electron chi connectivity index (χ4n) is 1.16. The molecule has 2 N–H and O–H groups in total. The molecule has 4 nitrogen and oxygen atoms in total. The number of carboxylic acids is 1. The molecule has 1 atom stereocenters. The Kier molecular flexibility index (Phi) is 4.95. The maximum Gasteiger partial charge on any atom is 0.303 e. The molecule has 0 aromatic carbocycles. The van der Waals surface area contributed by atoms with E-state index in [-0.39, 0.29) is 18.4 Å². The van der Waals surface area contributed by atoms with Crippen molar-refractivity contribution < 1.29 is 14.7 Å². The van der Waals surface area contributed by atoms with Crippen molar-refractivity contribution in [3.05, 3.63) is 20.8 Å². The van der Waals surface area contributed by atoms with Gasteiger partial charge in [0.25, 0.3) is 5.91 Å². The number of rotatable bonds is 5. The minimum absolute atomic E-state index is 0.0626. The third kappa shape index (κ3) is 3.94. The van der Waals surface area contributed by atoms with Gasteiger partial charge in [-0.05, 0) is 40.7 Å². The van der Waals surface area contributed by atoms with Crippen LogP contribution < -0.4 is 5.32 Å². The zero-order chi connectivity index (χ0) is 12.1. The molecule has 0 saturated heterocycles. The normalized spacial score (nSPS) is 12.1. The first-order valence-corrected chi connectivity index (χ1v) is 6.43.